The van der Waals surface area contributed by atoms with Gasteiger partial charge in [0.2, 0.25) is 11.7 Å². The fourth-order valence-corrected chi connectivity index (χ4v) is 2.61. The fourth-order valence-electron chi connectivity index (χ4n) is 2.61. The molecule has 2 aromatic rings. The SMILES string of the molecule is CCCC(=O)Nc1ccc(C(=O)C(C)OC(=O)c2cc(OC)cc(OC)c2)cc1. The molecule has 2 rings (SSSR count). The zero-order valence-electron chi connectivity index (χ0n) is 17.0. The van der Waals surface area contributed by atoms with E-state index in [-0.39, 0.29) is 17.3 Å². The highest BCUT2D eigenvalue weighted by Crippen LogP contribution is 2.23. The molecule has 0 aromatic heterocycles. The van der Waals surface area contributed by atoms with Crippen LogP contribution < -0.4 is 14.8 Å². The zero-order valence-corrected chi connectivity index (χ0v) is 17.0. The number of hydrogen-bond donors (Lipinski definition) is 1. The van der Waals surface area contributed by atoms with Crippen LogP contribution in [0.3, 0.4) is 0 Å². The number of anilines is 1. The predicted octanol–water partition coefficient (Wildman–Crippen LogP) is 3.87. The first-order chi connectivity index (χ1) is 13.9. The monoisotopic (exact) mass is 399 g/mol. The summed E-state index contributed by atoms with van der Waals surface area (Å²) in [5.41, 5.74) is 1.20. The lowest BCUT2D eigenvalue weighted by Gasteiger charge is -2.14. The molecule has 0 aliphatic heterocycles. The van der Waals surface area contributed by atoms with Gasteiger partial charge in [0.1, 0.15) is 11.5 Å². The molecule has 0 aliphatic rings. The number of ketones is 1. The van der Waals surface area contributed by atoms with Gasteiger partial charge in [0.25, 0.3) is 0 Å². The number of Topliss-reactive ketones (excluding diaryl/α,β-unsaturated/α-hetero) is 1. The minimum Gasteiger partial charge on any atom is -0.497 e. The van der Waals surface area contributed by atoms with E-state index >= 15 is 0 Å². The van der Waals surface area contributed by atoms with Gasteiger partial charge >= 0.3 is 5.97 Å². The Balaban J connectivity index is 2.05. The number of hydrogen-bond acceptors (Lipinski definition) is 6. The van der Waals surface area contributed by atoms with Gasteiger partial charge in [-0.25, -0.2) is 4.79 Å². The number of ether oxygens (including phenoxy) is 3. The van der Waals surface area contributed by atoms with Crippen LogP contribution in [0.1, 0.15) is 47.4 Å². The molecular weight excluding hydrogens is 374 g/mol. The lowest BCUT2D eigenvalue weighted by molar-refractivity contribution is -0.116. The molecule has 0 spiro atoms. The van der Waals surface area contributed by atoms with Gasteiger partial charge in [-0.05, 0) is 49.7 Å². The van der Waals surface area contributed by atoms with Crippen LogP contribution in [0.2, 0.25) is 0 Å². The molecule has 0 fully saturated rings. The van der Waals surface area contributed by atoms with E-state index in [9.17, 15) is 14.4 Å². The molecule has 0 aliphatic carbocycles. The van der Waals surface area contributed by atoms with E-state index in [0.29, 0.717) is 29.2 Å². The molecule has 0 saturated heterocycles. The van der Waals surface area contributed by atoms with Crippen molar-refractivity contribution < 1.29 is 28.6 Å². The summed E-state index contributed by atoms with van der Waals surface area (Å²) in [5.74, 6) is -0.208. The average molecular weight is 399 g/mol. The maximum absolute atomic E-state index is 12.6. The Hall–Kier alpha value is -3.35. The number of nitrogens with one attached hydrogen (secondary N) is 1. The Morgan fingerprint density at radius 3 is 2.03 bits per heavy atom. The average Bonchev–Trinajstić information content (AvgIpc) is 2.73. The molecule has 0 saturated carbocycles. The lowest BCUT2D eigenvalue weighted by atomic mass is 10.1. The maximum atomic E-state index is 12.6. The van der Waals surface area contributed by atoms with Crippen molar-refractivity contribution in [1.82, 2.24) is 0 Å². The predicted molar refractivity (Wildman–Crippen MR) is 109 cm³/mol. The Morgan fingerprint density at radius 2 is 1.52 bits per heavy atom. The fraction of sp³-hybridized carbons (Fsp3) is 0.318. The molecule has 0 bridgehead atoms. The van der Waals surface area contributed by atoms with Gasteiger partial charge in [0, 0.05) is 23.7 Å². The van der Waals surface area contributed by atoms with Crippen LogP contribution in [-0.2, 0) is 9.53 Å². The highest BCUT2D eigenvalue weighted by molar-refractivity contribution is 6.02. The first-order valence-corrected chi connectivity index (χ1v) is 9.26. The molecular formula is C22H25NO6. The number of methoxy groups -OCH3 is 2. The highest BCUT2D eigenvalue weighted by Gasteiger charge is 2.21. The number of carbonyl (C=O) groups excluding carboxylic acids is 3. The molecule has 0 heterocycles. The second-order valence-electron chi connectivity index (χ2n) is 6.39. The molecule has 0 radical (unpaired) electrons. The van der Waals surface area contributed by atoms with E-state index in [4.69, 9.17) is 14.2 Å². The van der Waals surface area contributed by atoms with Crippen LogP contribution in [0.5, 0.6) is 11.5 Å². The van der Waals surface area contributed by atoms with E-state index in [1.807, 2.05) is 6.92 Å². The van der Waals surface area contributed by atoms with Crippen molar-refractivity contribution in [1.29, 1.82) is 0 Å². The van der Waals surface area contributed by atoms with Crippen molar-refractivity contribution in [3.63, 3.8) is 0 Å². The van der Waals surface area contributed by atoms with Crippen LogP contribution in [0.15, 0.2) is 42.5 Å². The third kappa shape index (κ3) is 6.07. The van der Waals surface area contributed by atoms with Crippen molar-refractivity contribution in [2.45, 2.75) is 32.8 Å². The summed E-state index contributed by atoms with van der Waals surface area (Å²) in [7, 11) is 2.95. The zero-order chi connectivity index (χ0) is 21.4. The summed E-state index contributed by atoms with van der Waals surface area (Å²) in [6.45, 7) is 3.43. The third-order valence-corrected chi connectivity index (χ3v) is 4.17. The van der Waals surface area contributed by atoms with Crippen LogP contribution in [-0.4, -0.2) is 38.0 Å². The standard InChI is InChI=1S/C22H25NO6/c1-5-6-20(24)23-17-9-7-15(8-10-17)21(25)14(2)29-22(26)16-11-18(27-3)13-19(12-16)28-4/h7-14H,5-6H2,1-4H3,(H,23,24). The summed E-state index contributed by atoms with van der Waals surface area (Å²) >= 11 is 0. The van der Waals surface area contributed by atoms with Crippen molar-refractivity contribution in [3.05, 3.63) is 53.6 Å². The van der Waals surface area contributed by atoms with E-state index in [0.717, 1.165) is 6.42 Å². The molecule has 1 atom stereocenters. The van der Waals surface area contributed by atoms with E-state index in [1.165, 1.54) is 33.3 Å². The van der Waals surface area contributed by atoms with E-state index in [2.05, 4.69) is 5.32 Å². The topological polar surface area (TPSA) is 90.9 Å². The number of rotatable bonds is 9. The van der Waals surface area contributed by atoms with Crippen LogP contribution in [0, 0.1) is 0 Å². The van der Waals surface area contributed by atoms with Crippen LogP contribution in [0.4, 0.5) is 5.69 Å². The van der Waals surface area contributed by atoms with E-state index < -0.39 is 12.1 Å². The first-order valence-electron chi connectivity index (χ1n) is 9.26. The van der Waals surface area contributed by atoms with Crippen molar-refractivity contribution in [2.24, 2.45) is 0 Å². The highest BCUT2D eigenvalue weighted by atomic mass is 16.5. The molecule has 29 heavy (non-hydrogen) atoms. The molecule has 154 valence electrons. The smallest absolute Gasteiger partial charge is 0.339 e. The van der Waals surface area contributed by atoms with Gasteiger partial charge in [0.05, 0.1) is 19.8 Å². The maximum Gasteiger partial charge on any atom is 0.339 e. The van der Waals surface area contributed by atoms with Crippen molar-refractivity contribution >= 4 is 23.3 Å². The van der Waals surface area contributed by atoms with Gasteiger partial charge < -0.3 is 19.5 Å². The van der Waals surface area contributed by atoms with Gasteiger partial charge in [-0.3, -0.25) is 9.59 Å². The molecule has 7 nitrogen and oxygen atoms in total. The van der Waals surface area contributed by atoms with E-state index in [1.54, 1.807) is 30.3 Å². The summed E-state index contributed by atoms with van der Waals surface area (Å²) in [6, 6.07) is 11.1. The molecule has 1 N–H and O–H groups in total. The minimum absolute atomic E-state index is 0.0809. The summed E-state index contributed by atoms with van der Waals surface area (Å²) in [5, 5.41) is 2.75. The van der Waals surface area contributed by atoms with Crippen molar-refractivity contribution in [2.75, 3.05) is 19.5 Å². The quantitative estimate of drug-likeness (QED) is 0.508. The number of amides is 1. The Bertz CT molecular complexity index is 853. The van der Waals surface area contributed by atoms with Crippen LogP contribution in [0.25, 0.3) is 0 Å². The summed E-state index contributed by atoms with van der Waals surface area (Å²) in [4.78, 5) is 36.6. The van der Waals surface area contributed by atoms with Gasteiger partial charge in [-0.1, -0.05) is 6.92 Å². The van der Waals surface area contributed by atoms with Gasteiger partial charge in [0.15, 0.2) is 6.10 Å². The second kappa shape index (κ2) is 10.3. The Morgan fingerprint density at radius 1 is 0.931 bits per heavy atom. The van der Waals surface area contributed by atoms with Gasteiger partial charge in [-0.2, -0.15) is 0 Å². The van der Waals surface area contributed by atoms with Gasteiger partial charge in [-0.15, -0.1) is 0 Å². The normalized spacial score (nSPS) is 11.3. The lowest BCUT2D eigenvalue weighted by Crippen LogP contribution is -2.24. The molecule has 1 amide bonds. The molecule has 1 unspecified atom stereocenters. The number of esters is 1. The Kier molecular flexibility index (Phi) is 7.77. The second-order valence-corrected chi connectivity index (χ2v) is 6.39. The molecule has 2 aromatic carbocycles. The summed E-state index contributed by atoms with van der Waals surface area (Å²) < 4.78 is 15.6. The number of benzene rings is 2. The summed E-state index contributed by atoms with van der Waals surface area (Å²) in [6.07, 6.45) is 0.202. The third-order valence-electron chi connectivity index (χ3n) is 4.17. The Labute approximate surface area is 170 Å². The van der Waals surface area contributed by atoms with Crippen LogP contribution >= 0.6 is 0 Å². The van der Waals surface area contributed by atoms with Crippen molar-refractivity contribution in [3.8, 4) is 11.5 Å². The minimum atomic E-state index is -0.986. The first kappa shape index (κ1) is 21.9. The number of carbonyl (C=O) groups is 3. The largest absolute Gasteiger partial charge is 0.497 e. The molecule has 7 heteroatoms.